The van der Waals surface area contributed by atoms with Gasteiger partial charge in [-0.1, -0.05) is 6.07 Å². The number of H-pyrrole nitrogens is 1. The number of nitrogens with one attached hydrogen (secondary N) is 2. The Labute approximate surface area is 128 Å². The molecule has 0 unspecified atom stereocenters. The maximum absolute atomic E-state index is 12.4. The maximum Gasteiger partial charge on any atom is 0.271 e. The number of hydrogen-bond acceptors (Lipinski definition) is 4. The molecular formula is C15H10N4O2S. The molecule has 0 aliphatic carbocycles. The van der Waals surface area contributed by atoms with Gasteiger partial charge in [0, 0.05) is 34.9 Å². The Kier molecular flexibility index (Phi) is 2.80. The van der Waals surface area contributed by atoms with Gasteiger partial charge in [-0.2, -0.15) is 0 Å². The van der Waals surface area contributed by atoms with E-state index in [0.29, 0.717) is 10.6 Å². The highest BCUT2D eigenvalue weighted by molar-refractivity contribution is 7.15. The molecule has 0 bridgehead atoms. The lowest BCUT2D eigenvalue weighted by molar-refractivity contribution is 0.102. The summed E-state index contributed by atoms with van der Waals surface area (Å²) in [6, 6.07) is 7.42. The third-order valence-electron chi connectivity index (χ3n) is 3.43. The van der Waals surface area contributed by atoms with Crippen molar-refractivity contribution in [2.75, 3.05) is 5.32 Å². The monoisotopic (exact) mass is 310 g/mol. The van der Waals surface area contributed by atoms with Crippen molar-refractivity contribution in [1.29, 1.82) is 0 Å². The fourth-order valence-electron chi connectivity index (χ4n) is 2.36. The lowest BCUT2D eigenvalue weighted by Gasteiger charge is -2.06. The summed E-state index contributed by atoms with van der Waals surface area (Å²) >= 11 is 1.34. The lowest BCUT2D eigenvalue weighted by Crippen LogP contribution is -2.25. The van der Waals surface area contributed by atoms with E-state index in [9.17, 15) is 9.59 Å². The van der Waals surface area contributed by atoms with Crippen LogP contribution in [0.1, 0.15) is 10.4 Å². The highest BCUT2D eigenvalue weighted by atomic mass is 32.1. The van der Waals surface area contributed by atoms with E-state index in [1.807, 2.05) is 18.2 Å². The molecule has 1 amide bonds. The molecule has 4 aromatic rings. The maximum atomic E-state index is 12.4. The Morgan fingerprint density at radius 2 is 2.23 bits per heavy atom. The summed E-state index contributed by atoms with van der Waals surface area (Å²) in [6.07, 6.45) is 4.73. The van der Waals surface area contributed by atoms with Gasteiger partial charge in [-0.05, 0) is 18.2 Å². The van der Waals surface area contributed by atoms with E-state index in [1.165, 1.54) is 21.9 Å². The van der Waals surface area contributed by atoms with Gasteiger partial charge < -0.3 is 10.3 Å². The van der Waals surface area contributed by atoms with Crippen LogP contribution >= 0.6 is 11.3 Å². The average Bonchev–Trinajstić information content (AvgIpc) is 3.16. The predicted octanol–water partition coefficient (Wildman–Crippen LogP) is 2.49. The van der Waals surface area contributed by atoms with Crippen LogP contribution in [0, 0.1) is 0 Å². The smallest absolute Gasteiger partial charge is 0.271 e. The number of carbonyl (C=O) groups is 1. The predicted molar refractivity (Wildman–Crippen MR) is 85.6 cm³/mol. The molecule has 7 heteroatoms. The van der Waals surface area contributed by atoms with Crippen LogP contribution in [0.15, 0.2) is 53.0 Å². The van der Waals surface area contributed by atoms with Gasteiger partial charge >= 0.3 is 0 Å². The third kappa shape index (κ3) is 1.91. The quantitative estimate of drug-likeness (QED) is 0.597. The first-order valence-corrected chi connectivity index (χ1v) is 7.44. The van der Waals surface area contributed by atoms with Crippen LogP contribution < -0.4 is 10.9 Å². The number of aromatic amines is 1. The minimum absolute atomic E-state index is 0.0171. The summed E-state index contributed by atoms with van der Waals surface area (Å²) in [6.45, 7) is 0. The fraction of sp³-hybridized carbons (Fsp3) is 0. The van der Waals surface area contributed by atoms with E-state index in [4.69, 9.17) is 0 Å². The molecule has 2 N–H and O–H groups in total. The second-order valence-corrected chi connectivity index (χ2v) is 5.60. The Hall–Kier alpha value is -2.93. The van der Waals surface area contributed by atoms with Crippen molar-refractivity contribution in [2.45, 2.75) is 0 Å². The molecule has 6 nitrogen and oxygen atoms in total. The van der Waals surface area contributed by atoms with Crippen molar-refractivity contribution in [2.24, 2.45) is 0 Å². The van der Waals surface area contributed by atoms with Gasteiger partial charge in [-0.25, -0.2) is 4.98 Å². The highest BCUT2D eigenvalue weighted by Crippen LogP contribution is 2.22. The van der Waals surface area contributed by atoms with E-state index >= 15 is 0 Å². The molecule has 0 atom stereocenters. The Balaban J connectivity index is 1.76. The zero-order chi connectivity index (χ0) is 15.1. The van der Waals surface area contributed by atoms with Gasteiger partial charge in [0.05, 0.1) is 5.69 Å². The van der Waals surface area contributed by atoms with Crippen LogP contribution in [0.3, 0.4) is 0 Å². The molecule has 0 aliphatic heterocycles. The molecule has 0 radical (unpaired) electrons. The molecule has 3 heterocycles. The molecule has 0 saturated heterocycles. The zero-order valence-electron chi connectivity index (χ0n) is 11.2. The van der Waals surface area contributed by atoms with Gasteiger partial charge in [0.2, 0.25) is 0 Å². The fourth-order valence-corrected chi connectivity index (χ4v) is 3.04. The number of aromatic nitrogens is 3. The molecule has 4 rings (SSSR count). The van der Waals surface area contributed by atoms with E-state index in [1.54, 1.807) is 23.8 Å². The summed E-state index contributed by atoms with van der Waals surface area (Å²) in [7, 11) is 0. The highest BCUT2D eigenvalue weighted by Gasteiger charge is 2.15. The summed E-state index contributed by atoms with van der Waals surface area (Å²) in [4.78, 5) is 32.5. The standard InChI is InChI=1S/C15H10N4O2S/c20-13(10-8-17-15-19(14(10)21)6-7-22-15)18-12-3-1-2-11-9(12)4-5-16-11/h1-8,16H,(H,18,20). The zero-order valence-corrected chi connectivity index (χ0v) is 12.1. The lowest BCUT2D eigenvalue weighted by atomic mass is 10.2. The molecule has 3 aromatic heterocycles. The molecule has 1 aromatic carbocycles. The van der Waals surface area contributed by atoms with Crippen molar-refractivity contribution in [3.63, 3.8) is 0 Å². The number of anilines is 1. The first kappa shape index (κ1) is 12.8. The largest absolute Gasteiger partial charge is 0.361 e. The minimum Gasteiger partial charge on any atom is -0.361 e. The number of amides is 1. The van der Waals surface area contributed by atoms with Crippen molar-refractivity contribution in [3.05, 3.63) is 64.2 Å². The summed E-state index contributed by atoms with van der Waals surface area (Å²) in [5.41, 5.74) is 1.22. The van der Waals surface area contributed by atoms with E-state index in [-0.39, 0.29) is 11.1 Å². The van der Waals surface area contributed by atoms with Crippen LogP contribution in [0.2, 0.25) is 0 Å². The molecule has 0 aliphatic rings. The Bertz CT molecular complexity index is 1060. The molecule has 0 spiro atoms. The second kappa shape index (κ2) is 4.81. The van der Waals surface area contributed by atoms with Gasteiger partial charge in [-0.15, -0.1) is 11.3 Å². The van der Waals surface area contributed by atoms with Crippen LogP contribution in [-0.4, -0.2) is 20.3 Å². The van der Waals surface area contributed by atoms with Crippen molar-refractivity contribution >= 4 is 38.8 Å². The summed E-state index contributed by atoms with van der Waals surface area (Å²) in [5, 5.41) is 5.42. The molecular weight excluding hydrogens is 300 g/mol. The number of nitrogens with zero attached hydrogens (tertiary/aromatic N) is 2. The van der Waals surface area contributed by atoms with Gasteiger partial charge in [0.1, 0.15) is 5.56 Å². The molecule has 0 fully saturated rings. The van der Waals surface area contributed by atoms with Gasteiger partial charge in [0.15, 0.2) is 4.96 Å². The number of rotatable bonds is 2. The first-order valence-electron chi connectivity index (χ1n) is 6.56. The van der Waals surface area contributed by atoms with Crippen molar-refractivity contribution in [1.82, 2.24) is 14.4 Å². The van der Waals surface area contributed by atoms with E-state index in [0.717, 1.165) is 10.9 Å². The van der Waals surface area contributed by atoms with Gasteiger partial charge in [-0.3, -0.25) is 14.0 Å². The molecule has 0 saturated carbocycles. The van der Waals surface area contributed by atoms with E-state index < -0.39 is 5.91 Å². The van der Waals surface area contributed by atoms with Crippen LogP contribution in [0.25, 0.3) is 15.9 Å². The third-order valence-corrected chi connectivity index (χ3v) is 4.20. The average molecular weight is 310 g/mol. The molecule has 22 heavy (non-hydrogen) atoms. The summed E-state index contributed by atoms with van der Waals surface area (Å²) in [5.74, 6) is -0.466. The SMILES string of the molecule is O=C(Nc1cccc2[nH]ccc12)c1cnc2sccn2c1=O. The number of fused-ring (bicyclic) bond motifs is 2. The topological polar surface area (TPSA) is 79.3 Å². The van der Waals surface area contributed by atoms with Crippen molar-refractivity contribution in [3.8, 4) is 0 Å². The number of thiazole rings is 1. The minimum atomic E-state index is -0.466. The normalized spacial score (nSPS) is 11.1. The Morgan fingerprint density at radius 1 is 1.32 bits per heavy atom. The van der Waals surface area contributed by atoms with Crippen LogP contribution in [0.4, 0.5) is 5.69 Å². The summed E-state index contributed by atoms with van der Waals surface area (Å²) < 4.78 is 1.37. The second-order valence-electron chi connectivity index (χ2n) is 4.73. The number of carbonyl (C=O) groups excluding carboxylic acids is 1. The Morgan fingerprint density at radius 3 is 3.14 bits per heavy atom. The van der Waals surface area contributed by atoms with Gasteiger partial charge in [0.25, 0.3) is 11.5 Å². The first-order chi connectivity index (χ1) is 10.7. The molecule has 108 valence electrons. The number of hydrogen-bond donors (Lipinski definition) is 2. The van der Waals surface area contributed by atoms with Crippen LogP contribution in [0.5, 0.6) is 0 Å². The van der Waals surface area contributed by atoms with E-state index in [2.05, 4.69) is 15.3 Å². The van der Waals surface area contributed by atoms with Crippen LogP contribution in [-0.2, 0) is 0 Å². The number of benzene rings is 1. The van der Waals surface area contributed by atoms with Crippen molar-refractivity contribution < 1.29 is 4.79 Å².